The third-order valence-electron chi connectivity index (χ3n) is 18.0. The molecule has 526 valence electrons. The molecule has 2 atom stereocenters. The van der Waals surface area contributed by atoms with Gasteiger partial charge >= 0.3 is 19.8 Å². The SMILES string of the molecule is CCCCCCC/C=C\C/C=C\C/C=C\CCCCCCCCCCCCCCCCCCC(=O)OC(COC(=O)CCCCCCCCCCCCCCCCCCCCCCCCCCCCCCCCCCCCCCC)COP(=O)(O)OCCN. The van der Waals surface area contributed by atoms with E-state index in [1.54, 1.807) is 0 Å². The highest BCUT2D eigenvalue weighted by Gasteiger charge is 2.26. The lowest BCUT2D eigenvalue weighted by Gasteiger charge is -2.19. The highest BCUT2D eigenvalue weighted by molar-refractivity contribution is 7.47. The molecule has 0 amide bonds. The third-order valence-corrected chi connectivity index (χ3v) is 19.0. The van der Waals surface area contributed by atoms with Crippen molar-refractivity contribution in [3.8, 4) is 0 Å². The summed E-state index contributed by atoms with van der Waals surface area (Å²) in [6, 6.07) is 0. The van der Waals surface area contributed by atoms with Crippen molar-refractivity contribution in [1.29, 1.82) is 0 Å². The normalized spacial score (nSPS) is 13.0. The Labute approximate surface area is 554 Å². The van der Waals surface area contributed by atoms with E-state index in [0.29, 0.717) is 6.42 Å². The minimum absolute atomic E-state index is 0.0559. The van der Waals surface area contributed by atoms with Crippen molar-refractivity contribution in [3.05, 3.63) is 36.5 Å². The van der Waals surface area contributed by atoms with Crippen molar-refractivity contribution in [1.82, 2.24) is 0 Å². The first-order valence-electron chi connectivity index (χ1n) is 39.5. The van der Waals surface area contributed by atoms with Crippen LogP contribution in [0.1, 0.15) is 425 Å². The number of allylic oxidation sites excluding steroid dienone is 6. The van der Waals surface area contributed by atoms with E-state index in [1.165, 1.54) is 347 Å². The molecule has 9 nitrogen and oxygen atoms in total. The van der Waals surface area contributed by atoms with Crippen LogP contribution in [-0.2, 0) is 32.7 Å². The minimum atomic E-state index is -4.39. The Morgan fingerprint density at radius 3 is 0.865 bits per heavy atom. The van der Waals surface area contributed by atoms with E-state index in [0.717, 1.165) is 44.9 Å². The first-order valence-corrected chi connectivity index (χ1v) is 41.0. The number of phosphoric ester groups is 1. The average Bonchev–Trinajstić information content (AvgIpc) is 3.68. The molecule has 0 aromatic rings. The summed E-state index contributed by atoms with van der Waals surface area (Å²) in [4.78, 5) is 35.4. The predicted molar refractivity (Wildman–Crippen MR) is 386 cm³/mol. The molecule has 2 unspecified atom stereocenters. The van der Waals surface area contributed by atoms with E-state index < -0.39 is 26.5 Å². The molecule has 0 aliphatic heterocycles. The molecule has 0 spiro atoms. The Bertz CT molecular complexity index is 1550. The van der Waals surface area contributed by atoms with Crippen molar-refractivity contribution < 1.29 is 37.6 Å². The Balaban J connectivity index is 3.75. The summed E-state index contributed by atoms with van der Waals surface area (Å²) in [7, 11) is -4.39. The quantitative estimate of drug-likeness (QED) is 0.0264. The molecule has 0 aromatic heterocycles. The Kier molecular flexibility index (Phi) is 73.8. The van der Waals surface area contributed by atoms with E-state index in [4.69, 9.17) is 24.3 Å². The van der Waals surface area contributed by atoms with Gasteiger partial charge in [-0.3, -0.25) is 18.6 Å². The van der Waals surface area contributed by atoms with Crippen molar-refractivity contribution >= 4 is 19.8 Å². The van der Waals surface area contributed by atoms with Crippen molar-refractivity contribution in [2.45, 2.75) is 431 Å². The molecular formula is C79H152NO8P. The second kappa shape index (κ2) is 75.3. The molecule has 0 heterocycles. The van der Waals surface area contributed by atoms with Crippen LogP contribution in [0.4, 0.5) is 0 Å². The molecule has 89 heavy (non-hydrogen) atoms. The highest BCUT2D eigenvalue weighted by atomic mass is 31.2. The molecule has 0 aliphatic rings. The molecule has 0 radical (unpaired) electrons. The minimum Gasteiger partial charge on any atom is -0.462 e. The zero-order chi connectivity index (χ0) is 64.4. The summed E-state index contributed by atoms with van der Waals surface area (Å²) in [5.41, 5.74) is 5.41. The summed E-state index contributed by atoms with van der Waals surface area (Å²) < 4.78 is 33.3. The largest absolute Gasteiger partial charge is 0.472 e. The van der Waals surface area contributed by atoms with Crippen molar-refractivity contribution in [3.63, 3.8) is 0 Å². The van der Waals surface area contributed by atoms with E-state index in [2.05, 4.69) is 50.3 Å². The van der Waals surface area contributed by atoms with Gasteiger partial charge in [-0.25, -0.2) is 4.57 Å². The Morgan fingerprint density at radius 2 is 0.584 bits per heavy atom. The fourth-order valence-corrected chi connectivity index (χ4v) is 12.9. The number of hydrogen-bond donors (Lipinski definition) is 2. The van der Waals surface area contributed by atoms with Crippen molar-refractivity contribution in [2.75, 3.05) is 26.4 Å². The van der Waals surface area contributed by atoms with Gasteiger partial charge in [0, 0.05) is 19.4 Å². The standard InChI is InChI=1S/C79H152NO8P/c1-3-5-7-9-11-13-15-17-19-21-23-25-27-29-31-33-35-36-37-38-39-40-42-43-45-47-49-51-53-55-57-59-61-63-65-67-69-71-78(81)85-75-77(76-87-89(83,84)86-74-73-80)88-79(82)72-70-68-66-64-62-60-58-56-54-52-50-48-46-44-41-34-32-30-28-26-24-22-20-18-16-14-12-10-8-6-4-2/h16,18,22,24,28,30,77H,3-15,17,19-21,23,25-27,29,31-76,80H2,1-2H3,(H,83,84)/b18-16-,24-22-,30-28-. The number of ether oxygens (including phenoxy) is 2. The maximum atomic E-state index is 12.8. The van der Waals surface area contributed by atoms with Gasteiger partial charge in [-0.2, -0.15) is 0 Å². The lowest BCUT2D eigenvalue weighted by molar-refractivity contribution is -0.161. The molecule has 0 fully saturated rings. The molecule has 0 bridgehead atoms. The molecule has 0 saturated heterocycles. The summed E-state index contributed by atoms with van der Waals surface area (Å²) in [5, 5.41) is 0. The van der Waals surface area contributed by atoms with E-state index in [9.17, 15) is 19.0 Å². The average molecular weight is 1280 g/mol. The summed E-state index contributed by atoms with van der Waals surface area (Å²) in [6.45, 7) is 3.82. The Morgan fingerprint density at radius 1 is 0.337 bits per heavy atom. The second-order valence-corrected chi connectivity index (χ2v) is 28.4. The van der Waals surface area contributed by atoms with E-state index in [-0.39, 0.29) is 38.6 Å². The van der Waals surface area contributed by atoms with Crippen LogP contribution < -0.4 is 5.73 Å². The number of esters is 2. The third kappa shape index (κ3) is 75.1. The van der Waals surface area contributed by atoms with Gasteiger partial charge in [-0.15, -0.1) is 0 Å². The van der Waals surface area contributed by atoms with Gasteiger partial charge in [0.2, 0.25) is 0 Å². The summed E-state index contributed by atoms with van der Waals surface area (Å²) in [5.74, 6) is -0.803. The number of unbranched alkanes of at least 4 members (excludes halogenated alkanes) is 57. The van der Waals surface area contributed by atoms with Gasteiger partial charge in [0.05, 0.1) is 13.2 Å². The van der Waals surface area contributed by atoms with Crippen LogP contribution in [0.25, 0.3) is 0 Å². The van der Waals surface area contributed by atoms with Crippen molar-refractivity contribution in [2.24, 2.45) is 5.73 Å². The second-order valence-electron chi connectivity index (χ2n) is 26.9. The van der Waals surface area contributed by atoms with Gasteiger partial charge < -0.3 is 20.1 Å². The van der Waals surface area contributed by atoms with Crippen LogP contribution in [0, 0.1) is 0 Å². The maximum Gasteiger partial charge on any atom is 0.472 e. The molecule has 0 aliphatic carbocycles. The van der Waals surface area contributed by atoms with Gasteiger partial charge in [0.25, 0.3) is 0 Å². The fraction of sp³-hybridized carbons (Fsp3) is 0.899. The molecule has 10 heteroatoms. The monoisotopic (exact) mass is 1270 g/mol. The number of rotatable bonds is 76. The van der Waals surface area contributed by atoms with Gasteiger partial charge in [-0.05, 0) is 51.4 Å². The van der Waals surface area contributed by atoms with Crippen LogP contribution in [0.5, 0.6) is 0 Å². The van der Waals surface area contributed by atoms with Crippen LogP contribution in [0.3, 0.4) is 0 Å². The molecule has 3 N–H and O–H groups in total. The lowest BCUT2D eigenvalue weighted by Crippen LogP contribution is -2.29. The van der Waals surface area contributed by atoms with Crippen LogP contribution in [-0.4, -0.2) is 49.3 Å². The van der Waals surface area contributed by atoms with Gasteiger partial charge in [0.1, 0.15) is 6.61 Å². The van der Waals surface area contributed by atoms with E-state index in [1.807, 2.05) is 0 Å². The Hall–Kier alpha value is -1.77. The maximum absolute atomic E-state index is 12.8. The number of phosphoric acid groups is 1. The molecule has 0 aromatic carbocycles. The van der Waals surface area contributed by atoms with Crippen LogP contribution in [0.2, 0.25) is 0 Å². The van der Waals surface area contributed by atoms with E-state index >= 15 is 0 Å². The molecule has 0 saturated carbocycles. The zero-order valence-corrected chi connectivity index (χ0v) is 60.3. The number of nitrogens with two attached hydrogens (primary N) is 1. The first-order chi connectivity index (χ1) is 43.8. The summed E-state index contributed by atoms with van der Waals surface area (Å²) in [6.07, 6.45) is 95.7. The zero-order valence-electron chi connectivity index (χ0n) is 59.5. The van der Waals surface area contributed by atoms with Gasteiger partial charge in [-0.1, -0.05) is 397 Å². The van der Waals surface area contributed by atoms with Gasteiger partial charge in [0.15, 0.2) is 6.10 Å². The molecule has 0 rings (SSSR count). The first kappa shape index (κ1) is 87.2. The summed E-state index contributed by atoms with van der Waals surface area (Å²) >= 11 is 0. The lowest BCUT2D eigenvalue weighted by atomic mass is 10.0. The number of hydrogen-bond acceptors (Lipinski definition) is 8. The topological polar surface area (TPSA) is 134 Å². The predicted octanol–water partition coefficient (Wildman–Crippen LogP) is 26.2. The molecular weight excluding hydrogens is 1120 g/mol. The smallest absolute Gasteiger partial charge is 0.462 e. The number of carbonyl (C=O) groups is 2. The fourth-order valence-electron chi connectivity index (χ4n) is 12.2. The number of carbonyl (C=O) groups excluding carboxylic acids is 2. The van der Waals surface area contributed by atoms with Crippen LogP contribution in [0.15, 0.2) is 36.5 Å². The highest BCUT2D eigenvalue weighted by Crippen LogP contribution is 2.43. The van der Waals surface area contributed by atoms with Crippen LogP contribution >= 0.6 is 7.82 Å².